The first-order valence-corrected chi connectivity index (χ1v) is 10.1. The number of benzene rings is 1. The Balaban J connectivity index is 0.000000383. The molecule has 1 aromatic carbocycles. The SMILES string of the molecule is Cc1ncc2n1CCN(Cc1c[nH]c(C(=O)OCc3ccccc3)c1)C2.O=C(O)C(F)(F)F. The number of alkyl halides is 3. The molecule has 0 saturated heterocycles. The van der Waals surface area contributed by atoms with Crippen LogP contribution in [0.25, 0.3) is 0 Å². The van der Waals surface area contributed by atoms with Crippen molar-refractivity contribution in [3.8, 4) is 0 Å². The molecule has 1 aliphatic rings. The molecule has 2 N–H and O–H groups in total. The lowest BCUT2D eigenvalue weighted by Crippen LogP contribution is -2.33. The van der Waals surface area contributed by atoms with Crippen molar-refractivity contribution in [3.05, 3.63) is 77.1 Å². The summed E-state index contributed by atoms with van der Waals surface area (Å²) in [5, 5.41) is 7.12. The van der Waals surface area contributed by atoms with Crippen LogP contribution in [0.4, 0.5) is 13.2 Å². The first-order chi connectivity index (χ1) is 15.6. The van der Waals surface area contributed by atoms with Crippen molar-refractivity contribution in [2.24, 2.45) is 0 Å². The van der Waals surface area contributed by atoms with Gasteiger partial charge in [-0.1, -0.05) is 30.3 Å². The quantitative estimate of drug-likeness (QED) is 0.561. The summed E-state index contributed by atoms with van der Waals surface area (Å²) in [5.74, 6) is -2.01. The van der Waals surface area contributed by atoms with Crippen molar-refractivity contribution in [3.63, 3.8) is 0 Å². The van der Waals surface area contributed by atoms with Crippen LogP contribution in [-0.2, 0) is 35.8 Å². The number of nitrogens with zero attached hydrogens (tertiary/aromatic N) is 3. The molecule has 3 aromatic rings. The van der Waals surface area contributed by atoms with Crippen LogP contribution in [0.3, 0.4) is 0 Å². The Bertz CT molecular complexity index is 1090. The number of carboxylic acid groups (broad SMARTS) is 1. The normalized spacial score (nSPS) is 13.6. The van der Waals surface area contributed by atoms with E-state index in [9.17, 15) is 18.0 Å². The molecule has 8 nitrogen and oxygen atoms in total. The zero-order chi connectivity index (χ0) is 24.0. The number of hydrogen-bond donors (Lipinski definition) is 2. The fraction of sp³-hybridized carbons (Fsp3) is 0.318. The van der Waals surface area contributed by atoms with E-state index in [1.165, 1.54) is 5.69 Å². The number of aryl methyl sites for hydroxylation is 1. The van der Waals surface area contributed by atoms with E-state index >= 15 is 0 Å². The summed E-state index contributed by atoms with van der Waals surface area (Å²) >= 11 is 0. The average molecular weight is 464 g/mol. The number of rotatable bonds is 5. The summed E-state index contributed by atoms with van der Waals surface area (Å²) in [6.45, 7) is 5.93. The fourth-order valence-electron chi connectivity index (χ4n) is 3.34. The predicted octanol–water partition coefficient (Wildman–Crippen LogP) is 3.53. The monoisotopic (exact) mass is 464 g/mol. The molecule has 0 saturated carbocycles. The minimum absolute atomic E-state index is 0.281. The van der Waals surface area contributed by atoms with E-state index in [1.54, 1.807) is 0 Å². The second kappa shape index (κ2) is 10.3. The highest BCUT2D eigenvalue weighted by Gasteiger charge is 2.38. The Labute approximate surface area is 187 Å². The smallest absolute Gasteiger partial charge is 0.475 e. The van der Waals surface area contributed by atoms with E-state index in [1.807, 2.05) is 55.7 Å². The highest BCUT2D eigenvalue weighted by atomic mass is 19.4. The number of carbonyl (C=O) groups excluding carboxylic acids is 1. The van der Waals surface area contributed by atoms with Crippen molar-refractivity contribution in [1.82, 2.24) is 19.4 Å². The molecular weight excluding hydrogens is 441 g/mol. The van der Waals surface area contributed by atoms with E-state index in [0.717, 1.165) is 43.1 Å². The van der Waals surface area contributed by atoms with E-state index < -0.39 is 12.1 Å². The zero-order valence-corrected chi connectivity index (χ0v) is 17.8. The number of carboxylic acids is 1. The van der Waals surface area contributed by atoms with Crippen LogP contribution < -0.4 is 0 Å². The molecule has 33 heavy (non-hydrogen) atoms. The molecule has 0 atom stereocenters. The number of carbonyl (C=O) groups is 2. The van der Waals surface area contributed by atoms with Gasteiger partial charge < -0.3 is 19.4 Å². The molecule has 3 heterocycles. The number of aliphatic carboxylic acids is 1. The number of aromatic nitrogens is 3. The van der Waals surface area contributed by atoms with Crippen molar-refractivity contribution in [1.29, 1.82) is 0 Å². The number of aromatic amines is 1. The maximum absolute atomic E-state index is 12.2. The molecular formula is C22H23F3N4O4. The molecule has 11 heteroatoms. The number of fused-ring (bicyclic) bond motifs is 1. The van der Waals surface area contributed by atoms with Crippen LogP contribution in [0.5, 0.6) is 0 Å². The molecule has 0 unspecified atom stereocenters. The van der Waals surface area contributed by atoms with Crippen LogP contribution in [0.1, 0.15) is 33.1 Å². The Morgan fingerprint density at radius 1 is 1.18 bits per heavy atom. The van der Waals surface area contributed by atoms with Gasteiger partial charge in [-0.05, 0) is 24.1 Å². The third-order valence-corrected chi connectivity index (χ3v) is 4.99. The van der Waals surface area contributed by atoms with Crippen LogP contribution in [0.15, 0.2) is 48.8 Å². The molecule has 1 aliphatic heterocycles. The maximum atomic E-state index is 12.2. The van der Waals surface area contributed by atoms with Crippen LogP contribution in [0, 0.1) is 6.92 Å². The molecule has 0 radical (unpaired) electrons. The summed E-state index contributed by atoms with van der Waals surface area (Å²) in [7, 11) is 0. The average Bonchev–Trinajstić information content (AvgIpc) is 3.39. The van der Waals surface area contributed by atoms with E-state index in [0.29, 0.717) is 5.69 Å². The van der Waals surface area contributed by atoms with E-state index in [2.05, 4.69) is 19.4 Å². The largest absolute Gasteiger partial charge is 0.490 e. The van der Waals surface area contributed by atoms with Gasteiger partial charge in [0.25, 0.3) is 0 Å². The summed E-state index contributed by atoms with van der Waals surface area (Å²) in [5.41, 5.74) is 3.80. The Kier molecular flexibility index (Phi) is 7.54. The van der Waals surface area contributed by atoms with Gasteiger partial charge >= 0.3 is 18.1 Å². The minimum Gasteiger partial charge on any atom is -0.475 e. The van der Waals surface area contributed by atoms with Gasteiger partial charge in [0, 0.05) is 38.6 Å². The van der Waals surface area contributed by atoms with Crippen molar-refractivity contribution >= 4 is 11.9 Å². The van der Waals surface area contributed by atoms with Crippen molar-refractivity contribution < 1.29 is 32.6 Å². The molecule has 2 aromatic heterocycles. The van der Waals surface area contributed by atoms with Gasteiger partial charge in [0.1, 0.15) is 18.1 Å². The summed E-state index contributed by atoms with van der Waals surface area (Å²) in [6, 6.07) is 11.6. The van der Waals surface area contributed by atoms with Gasteiger partial charge in [-0.3, -0.25) is 4.90 Å². The summed E-state index contributed by atoms with van der Waals surface area (Å²) < 4.78 is 39.4. The second-order valence-electron chi connectivity index (χ2n) is 7.45. The van der Waals surface area contributed by atoms with Crippen LogP contribution >= 0.6 is 0 Å². The van der Waals surface area contributed by atoms with Crippen molar-refractivity contribution in [2.45, 2.75) is 39.3 Å². The minimum atomic E-state index is -5.08. The number of H-pyrrole nitrogens is 1. The number of hydrogen-bond acceptors (Lipinski definition) is 5. The molecule has 0 bridgehead atoms. The maximum Gasteiger partial charge on any atom is 0.490 e. The Morgan fingerprint density at radius 2 is 1.88 bits per heavy atom. The molecule has 0 fully saturated rings. The lowest BCUT2D eigenvalue weighted by Gasteiger charge is -2.28. The zero-order valence-electron chi connectivity index (χ0n) is 17.8. The van der Waals surface area contributed by atoms with E-state index in [-0.39, 0.29) is 12.6 Å². The van der Waals surface area contributed by atoms with Gasteiger partial charge in [0.2, 0.25) is 0 Å². The third kappa shape index (κ3) is 6.69. The van der Waals surface area contributed by atoms with Crippen LogP contribution in [-0.4, -0.2) is 49.2 Å². The van der Waals surface area contributed by atoms with Gasteiger partial charge in [0.05, 0.1) is 5.69 Å². The Hall–Kier alpha value is -3.60. The van der Waals surface area contributed by atoms with Crippen molar-refractivity contribution in [2.75, 3.05) is 6.54 Å². The first-order valence-electron chi connectivity index (χ1n) is 10.1. The lowest BCUT2D eigenvalue weighted by molar-refractivity contribution is -0.192. The molecule has 0 aliphatic carbocycles. The Morgan fingerprint density at radius 3 is 2.55 bits per heavy atom. The summed E-state index contributed by atoms with van der Waals surface area (Å²) in [6.07, 6.45) is -1.25. The topological polar surface area (TPSA) is 100 Å². The molecule has 0 spiro atoms. The molecule has 0 amide bonds. The lowest BCUT2D eigenvalue weighted by atomic mass is 10.2. The van der Waals surface area contributed by atoms with Gasteiger partial charge in [0.15, 0.2) is 0 Å². The van der Waals surface area contributed by atoms with E-state index in [4.69, 9.17) is 14.6 Å². The van der Waals surface area contributed by atoms with Crippen LogP contribution in [0.2, 0.25) is 0 Å². The highest BCUT2D eigenvalue weighted by molar-refractivity contribution is 5.87. The number of ether oxygens (including phenoxy) is 1. The molecule has 4 rings (SSSR count). The highest BCUT2D eigenvalue weighted by Crippen LogP contribution is 2.17. The molecule has 176 valence electrons. The number of imidazole rings is 1. The summed E-state index contributed by atoms with van der Waals surface area (Å²) in [4.78, 5) is 30.9. The second-order valence-corrected chi connectivity index (χ2v) is 7.45. The number of halogens is 3. The van der Waals surface area contributed by atoms with Gasteiger partial charge in [-0.2, -0.15) is 13.2 Å². The predicted molar refractivity (Wildman–Crippen MR) is 111 cm³/mol. The number of esters is 1. The van der Waals surface area contributed by atoms with Gasteiger partial charge in [-0.25, -0.2) is 14.6 Å². The fourth-order valence-corrected chi connectivity index (χ4v) is 3.34. The standard InChI is InChI=1S/C20H22N4O2.C2HF3O2/c1-15-21-11-18-13-23(7-8-24(15)18)12-17-9-19(22-10-17)20(25)26-14-16-5-3-2-4-6-16;3-2(4,5)1(6)7/h2-6,9-11,22H,7-8,12-14H2,1H3;(H,6,7). The number of nitrogens with one attached hydrogen (secondary N) is 1. The third-order valence-electron chi connectivity index (χ3n) is 4.99. The van der Waals surface area contributed by atoms with Gasteiger partial charge in [-0.15, -0.1) is 0 Å². The first kappa shape index (κ1) is 24.1.